The molecule has 2 nitrogen and oxygen atoms in total. The molecule has 0 aromatic carbocycles. The van der Waals surface area contributed by atoms with Crippen LogP contribution in [0.4, 0.5) is 0 Å². The minimum atomic E-state index is 0.765. The number of rotatable bonds is 5. The van der Waals surface area contributed by atoms with Crippen LogP contribution in [0.1, 0.15) is 65.2 Å². The maximum Gasteiger partial charge on any atom is 0.0195 e. The molecule has 0 bridgehead atoms. The van der Waals surface area contributed by atoms with E-state index in [0.717, 1.165) is 18.0 Å². The van der Waals surface area contributed by atoms with Gasteiger partial charge < -0.3 is 5.32 Å². The topological polar surface area (TPSA) is 15.3 Å². The lowest BCUT2D eigenvalue weighted by atomic mass is 9.83. The van der Waals surface area contributed by atoms with Crippen molar-refractivity contribution in [3.63, 3.8) is 0 Å². The van der Waals surface area contributed by atoms with E-state index in [-0.39, 0.29) is 0 Å². The molecular weight excluding hydrogens is 220 g/mol. The lowest BCUT2D eigenvalue weighted by Crippen LogP contribution is -2.48. The van der Waals surface area contributed by atoms with Crippen molar-refractivity contribution in [1.82, 2.24) is 10.2 Å². The van der Waals surface area contributed by atoms with Gasteiger partial charge in [0.25, 0.3) is 0 Å². The van der Waals surface area contributed by atoms with E-state index in [0.29, 0.717) is 0 Å². The Morgan fingerprint density at radius 3 is 2.61 bits per heavy atom. The van der Waals surface area contributed by atoms with E-state index in [1.54, 1.807) is 0 Å². The van der Waals surface area contributed by atoms with E-state index >= 15 is 0 Å². The Kier molecular flexibility index (Phi) is 5.97. The maximum atomic E-state index is 3.71. The molecule has 2 heteroatoms. The molecule has 3 unspecified atom stereocenters. The first-order chi connectivity index (χ1) is 8.83. The summed E-state index contributed by atoms with van der Waals surface area (Å²) < 4.78 is 0. The molecule has 0 aromatic heterocycles. The van der Waals surface area contributed by atoms with Gasteiger partial charge in [0.05, 0.1) is 0 Å². The molecule has 1 aliphatic carbocycles. The second kappa shape index (κ2) is 7.49. The predicted octanol–water partition coefficient (Wildman–Crippen LogP) is 3.42. The first kappa shape index (κ1) is 14.3. The Balaban J connectivity index is 1.82. The minimum Gasteiger partial charge on any atom is -0.313 e. The van der Waals surface area contributed by atoms with Gasteiger partial charge in [-0.25, -0.2) is 0 Å². The highest BCUT2D eigenvalue weighted by Crippen LogP contribution is 2.30. The summed E-state index contributed by atoms with van der Waals surface area (Å²) in [5, 5.41) is 3.71. The lowest BCUT2D eigenvalue weighted by molar-refractivity contribution is 0.117. The standard InChI is InChI=1S/C16H32N2/c1-3-14-8-7-10-16(12-14)18(4-2)13-15-9-5-6-11-17-15/h14-17H,3-13H2,1-2H3. The molecule has 3 atom stereocenters. The second-order valence-corrected chi connectivity index (χ2v) is 6.33. The maximum absolute atomic E-state index is 3.71. The van der Waals surface area contributed by atoms with Crippen LogP contribution in [0.25, 0.3) is 0 Å². The lowest BCUT2D eigenvalue weighted by Gasteiger charge is -2.39. The van der Waals surface area contributed by atoms with Gasteiger partial charge in [-0.05, 0) is 44.7 Å². The molecule has 2 fully saturated rings. The molecule has 2 aliphatic rings. The van der Waals surface area contributed by atoms with Gasteiger partial charge in [-0.3, -0.25) is 4.90 Å². The van der Waals surface area contributed by atoms with E-state index < -0.39 is 0 Å². The molecule has 1 saturated carbocycles. The summed E-state index contributed by atoms with van der Waals surface area (Å²) in [6.07, 6.45) is 11.4. The fourth-order valence-electron chi connectivity index (χ4n) is 3.86. The van der Waals surface area contributed by atoms with Gasteiger partial charge in [0.2, 0.25) is 0 Å². The van der Waals surface area contributed by atoms with Crippen molar-refractivity contribution in [3.05, 3.63) is 0 Å². The van der Waals surface area contributed by atoms with Crippen molar-refractivity contribution in [1.29, 1.82) is 0 Å². The van der Waals surface area contributed by atoms with Gasteiger partial charge in [-0.2, -0.15) is 0 Å². The fourth-order valence-corrected chi connectivity index (χ4v) is 3.86. The van der Waals surface area contributed by atoms with Gasteiger partial charge in [-0.15, -0.1) is 0 Å². The largest absolute Gasteiger partial charge is 0.313 e. The van der Waals surface area contributed by atoms with Crippen molar-refractivity contribution in [2.45, 2.75) is 77.3 Å². The Labute approximate surface area is 114 Å². The highest BCUT2D eigenvalue weighted by atomic mass is 15.2. The zero-order valence-electron chi connectivity index (χ0n) is 12.5. The summed E-state index contributed by atoms with van der Waals surface area (Å²) in [6, 6.07) is 1.64. The molecule has 0 aromatic rings. The Morgan fingerprint density at radius 2 is 1.94 bits per heavy atom. The van der Waals surface area contributed by atoms with Crippen LogP contribution in [-0.2, 0) is 0 Å². The summed E-state index contributed by atoms with van der Waals surface area (Å²) in [5.41, 5.74) is 0. The average molecular weight is 252 g/mol. The molecule has 1 heterocycles. The third kappa shape index (κ3) is 3.96. The number of hydrogen-bond acceptors (Lipinski definition) is 2. The van der Waals surface area contributed by atoms with E-state index in [1.165, 1.54) is 71.0 Å². The molecule has 1 aliphatic heterocycles. The molecule has 18 heavy (non-hydrogen) atoms. The van der Waals surface area contributed by atoms with Crippen LogP contribution in [0.15, 0.2) is 0 Å². The van der Waals surface area contributed by atoms with Gasteiger partial charge in [-0.1, -0.05) is 39.5 Å². The van der Waals surface area contributed by atoms with Crippen LogP contribution in [0.3, 0.4) is 0 Å². The van der Waals surface area contributed by atoms with Crippen molar-refractivity contribution in [2.75, 3.05) is 19.6 Å². The quantitative estimate of drug-likeness (QED) is 0.806. The number of hydrogen-bond donors (Lipinski definition) is 1. The molecule has 106 valence electrons. The molecular formula is C16H32N2. The van der Waals surface area contributed by atoms with E-state index in [2.05, 4.69) is 24.1 Å². The third-order valence-corrected chi connectivity index (χ3v) is 5.12. The van der Waals surface area contributed by atoms with Crippen LogP contribution in [-0.4, -0.2) is 36.6 Å². The Morgan fingerprint density at radius 1 is 1.06 bits per heavy atom. The van der Waals surface area contributed by atoms with Crippen molar-refractivity contribution in [3.8, 4) is 0 Å². The molecule has 2 rings (SSSR count). The molecule has 1 saturated heterocycles. The van der Waals surface area contributed by atoms with E-state index in [9.17, 15) is 0 Å². The van der Waals surface area contributed by atoms with Crippen LogP contribution in [0.5, 0.6) is 0 Å². The second-order valence-electron chi connectivity index (χ2n) is 6.33. The molecule has 0 spiro atoms. The first-order valence-electron chi connectivity index (χ1n) is 8.30. The first-order valence-corrected chi connectivity index (χ1v) is 8.30. The van der Waals surface area contributed by atoms with Crippen molar-refractivity contribution < 1.29 is 0 Å². The van der Waals surface area contributed by atoms with Crippen molar-refractivity contribution in [2.24, 2.45) is 5.92 Å². The van der Waals surface area contributed by atoms with Crippen LogP contribution in [0.2, 0.25) is 0 Å². The molecule has 1 N–H and O–H groups in total. The van der Waals surface area contributed by atoms with Crippen LogP contribution in [0, 0.1) is 5.92 Å². The van der Waals surface area contributed by atoms with Gasteiger partial charge >= 0.3 is 0 Å². The fraction of sp³-hybridized carbons (Fsp3) is 1.00. The summed E-state index contributed by atoms with van der Waals surface area (Å²) in [6.45, 7) is 8.48. The molecule has 0 radical (unpaired) electrons. The monoisotopic (exact) mass is 252 g/mol. The predicted molar refractivity (Wildman–Crippen MR) is 78.9 cm³/mol. The van der Waals surface area contributed by atoms with Gasteiger partial charge in [0.15, 0.2) is 0 Å². The van der Waals surface area contributed by atoms with Crippen molar-refractivity contribution >= 4 is 0 Å². The zero-order chi connectivity index (χ0) is 12.8. The summed E-state index contributed by atoms with van der Waals surface area (Å²) >= 11 is 0. The van der Waals surface area contributed by atoms with Gasteiger partial charge in [0.1, 0.15) is 0 Å². The average Bonchev–Trinajstić information content (AvgIpc) is 2.46. The summed E-state index contributed by atoms with van der Waals surface area (Å²) in [5.74, 6) is 0.997. The highest BCUT2D eigenvalue weighted by Gasteiger charge is 2.26. The van der Waals surface area contributed by atoms with Crippen LogP contribution >= 0.6 is 0 Å². The third-order valence-electron chi connectivity index (χ3n) is 5.12. The Hall–Kier alpha value is -0.0800. The summed E-state index contributed by atoms with van der Waals surface area (Å²) in [7, 11) is 0. The summed E-state index contributed by atoms with van der Waals surface area (Å²) in [4.78, 5) is 2.77. The minimum absolute atomic E-state index is 0.765. The Bertz CT molecular complexity index is 223. The SMILES string of the molecule is CCC1CCCC(N(CC)CC2CCCCN2)C1. The highest BCUT2D eigenvalue weighted by molar-refractivity contribution is 4.83. The van der Waals surface area contributed by atoms with E-state index in [4.69, 9.17) is 0 Å². The number of nitrogens with zero attached hydrogens (tertiary/aromatic N) is 1. The zero-order valence-corrected chi connectivity index (χ0v) is 12.5. The number of piperidine rings is 1. The van der Waals surface area contributed by atoms with Crippen LogP contribution < -0.4 is 5.32 Å². The van der Waals surface area contributed by atoms with E-state index in [1.807, 2.05) is 0 Å². The smallest absolute Gasteiger partial charge is 0.0195 e. The molecule has 0 amide bonds. The van der Waals surface area contributed by atoms with Gasteiger partial charge in [0, 0.05) is 18.6 Å². The number of nitrogens with one attached hydrogen (secondary N) is 1. The number of likely N-dealkylation sites (N-methyl/N-ethyl adjacent to an activating group) is 1. The normalized spacial score (nSPS) is 33.8.